The molecule has 4 N–H and O–H groups in total. The highest BCUT2D eigenvalue weighted by Crippen LogP contribution is 2.37. The summed E-state index contributed by atoms with van der Waals surface area (Å²) < 4.78 is 0. The van der Waals surface area contributed by atoms with Crippen LogP contribution >= 0.6 is 0 Å². The van der Waals surface area contributed by atoms with Crippen molar-refractivity contribution in [2.45, 2.75) is 52.4 Å². The molecule has 1 aromatic carbocycles. The Kier molecular flexibility index (Phi) is 5.36. The largest absolute Gasteiger partial charge is 0.507 e. The maximum atomic E-state index is 11.7. The number of phenolic OH excluding ortho intramolecular Hbond substituents is 1. The van der Waals surface area contributed by atoms with Crippen molar-refractivity contribution in [1.82, 2.24) is 5.43 Å². The molecule has 106 valence electrons. The molecule has 0 saturated carbocycles. The van der Waals surface area contributed by atoms with Gasteiger partial charge >= 0.3 is 0 Å². The highest BCUT2D eigenvalue weighted by Gasteiger charge is 2.19. The molecule has 0 radical (unpaired) electrons. The van der Waals surface area contributed by atoms with Gasteiger partial charge in [0.25, 0.3) is 5.91 Å². The van der Waals surface area contributed by atoms with E-state index in [4.69, 9.17) is 5.84 Å². The van der Waals surface area contributed by atoms with Gasteiger partial charge in [-0.25, -0.2) is 5.84 Å². The molecule has 0 aliphatic rings. The Morgan fingerprint density at radius 3 is 1.95 bits per heavy atom. The fourth-order valence-electron chi connectivity index (χ4n) is 2.09. The first kappa shape index (κ1) is 15.5. The highest BCUT2D eigenvalue weighted by atomic mass is 16.3. The smallest absolute Gasteiger partial charge is 0.265 e. The number of benzene rings is 1. The van der Waals surface area contributed by atoms with E-state index in [0.29, 0.717) is 11.3 Å². The zero-order chi connectivity index (χ0) is 14.6. The average Bonchev–Trinajstić information content (AvgIpc) is 2.44. The van der Waals surface area contributed by atoms with Crippen LogP contribution in [0.5, 0.6) is 5.75 Å². The monoisotopic (exact) mass is 264 g/mol. The molecule has 0 saturated heterocycles. The minimum atomic E-state index is -0.325. The van der Waals surface area contributed by atoms with E-state index in [1.54, 1.807) is 12.1 Å². The van der Waals surface area contributed by atoms with Crippen molar-refractivity contribution < 1.29 is 9.90 Å². The summed E-state index contributed by atoms with van der Waals surface area (Å²) >= 11 is 0. The Balaban J connectivity index is 3.42. The molecule has 0 spiro atoms. The number of nitrogens with two attached hydrogens (primary N) is 1. The van der Waals surface area contributed by atoms with Crippen molar-refractivity contribution in [3.8, 4) is 5.75 Å². The number of nitrogen functional groups attached to an aromatic ring is 1. The van der Waals surface area contributed by atoms with Crippen LogP contribution in [0.2, 0.25) is 0 Å². The van der Waals surface area contributed by atoms with E-state index in [2.05, 4.69) is 19.3 Å². The number of hydrazine groups is 1. The molecular formula is C15H24N2O2. The third-order valence-electron chi connectivity index (χ3n) is 3.85. The summed E-state index contributed by atoms with van der Waals surface area (Å²) in [7, 11) is 0. The molecule has 2 atom stereocenters. The lowest BCUT2D eigenvalue weighted by molar-refractivity contribution is 0.0953. The number of hydrogen-bond acceptors (Lipinski definition) is 3. The first-order valence-electron chi connectivity index (χ1n) is 6.83. The number of aromatic hydroxyl groups is 1. The number of amides is 1. The van der Waals surface area contributed by atoms with Crippen LogP contribution in [0.15, 0.2) is 12.1 Å². The molecule has 1 aromatic rings. The molecule has 2 unspecified atom stereocenters. The highest BCUT2D eigenvalue weighted by molar-refractivity contribution is 5.94. The summed E-state index contributed by atoms with van der Waals surface area (Å²) in [5.74, 6) is 5.59. The predicted octanol–water partition coefficient (Wildman–Crippen LogP) is 3.02. The molecule has 0 fully saturated rings. The molecule has 4 heteroatoms. The molecule has 0 heterocycles. The van der Waals surface area contributed by atoms with Gasteiger partial charge < -0.3 is 5.11 Å². The van der Waals surface area contributed by atoms with Crippen molar-refractivity contribution in [3.63, 3.8) is 0 Å². The second-order valence-corrected chi connectivity index (χ2v) is 5.10. The van der Waals surface area contributed by atoms with Gasteiger partial charge in [-0.2, -0.15) is 0 Å². The lowest BCUT2D eigenvalue weighted by atomic mass is 9.88. The van der Waals surface area contributed by atoms with E-state index < -0.39 is 0 Å². The second kappa shape index (κ2) is 6.57. The Labute approximate surface area is 115 Å². The molecular weight excluding hydrogens is 240 g/mol. The third kappa shape index (κ3) is 3.26. The van der Waals surface area contributed by atoms with Gasteiger partial charge in [-0.3, -0.25) is 10.2 Å². The number of nitrogens with one attached hydrogen (secondary N) is 1. The fraction of sp³-hybridized carbons (Fsp3) is 0.533. The maximum absolute atomic E-state index is 11.7. The SMILES string of the molecule is CCC(C)c1cc(C(=O)NN)cc(C(C)CC)c1O. The minimum absolute atomic E-state index is 0.202. The summed E-state index contributed by atoms with van der Waals surface area (Å²) in [6.45, 7) is 8.20. The van der Waals surface area contributed by atoms with Crippen LogP contribution in [0.4, 0.5) is 0 Å². The molecule has 19 heavy (non-hydrogen) atoms. The van der Waals surface area contributed by atoms with Gasteiger partial charge in [-0.05, 0) is 47.9 Å². The fourth-order valence-corrected chi connectivity index (χ4v) is 2.09. The van der Waals surface area contributed by atoms with Gasteiger partial charge in [0.05, 0.1) is 0 Å². The van der Waals surface area contributed by atoms with Crippen LogP contribution in [-0.4, -0.2) is 11.0 Å². The van der Waals surface area contributed by atoms with E-state index >= 15 is 0 Å². The predicted molar refractivity (Wildman–Crippen MR) is 77.2 cm³/mol. The molecule has 0 aromatic heterocycles. The summed E-state index contributed by atoms with van der Waals surface area (Å²) in [5.41, 5.74) is 4.29. The molecule has 1 rings (SSSR count). The Hall–Kier alpha value is -1.55. The third-order valence-corrected chi connectivity index (χ3v) is 3.85. The zero-order valence-electron chi connectivity index (χ0n) is 12.2. The Morgan fingerprint density at radius 1 is 1.21 bits per heavy atom. The first-order chi connectivity index (χ1) is 8.96. The van der Waals surface area contributed by atoms with Gasteiger partial charge in [0, 0.05) is 5.56 Å². The minimum Gasteiger partial charge on any atom is -0.507 e. The van der Waals surface area contributed by atoms with E-state index in [-0.39, 0.29) is 17.7 Å². The van der Waals surface area contributed by atoms with E-state index in [9.17, 15) is 9.90 Å². The van der Waals surface area contributed by atoms with E-state index in [1.807, 2.05) is 13.8 Å². The van der Waals surface area contributed by atoms with Crippen molar-refractivity contribution in [1.29, 1.82) is 0 Å². The van der Waals surface area contributed by atoms with Gasteiger partial charge in [0.2, 0.25) is 0 Å². The van der Waals surface area contributed by atoms with E-state index in [1.165, 1.54) is 0 Å². The van der Waals surface area contributed by atoms with Crippen molar-refractivity contribution in [2.24, 2.45) is 5.84 Å². The van der Waals surface area contributed by atoms with Crippen molar-refractivity contribution in [3.05, 3.63) is 28.8 Å². The summed E-state index contributed by atoms with van der Waals surface area (Å²) in [6, 6.07) is 3.47. The lowest BCUT2D eigenvalue weighted by Crippen LogP contribution is -2.30. The summed E-state index contributed by atoms with van der Waals surface area (Å²) in [6.07, 6.45) is 1.81. The maximum Gasteiger partial charge on any atom is 0.265 e. The number of carbonyl (C=O) groups is 1. The standard InChI is InChI=1S/C15H24N2O2/c1-5-9(3)12-7-11(15(19)17-16)8-13(14(12)18)10(4)6-2/h7-10,18H,5-6,16H2,1-4H3,(H,17,19). The molecule has 4 nitrogen and oxygen atoms in total. The number of hydrogen-bond donors (Lipinski definition) is 3. The van der Waals surface area contributed by atoms with Crippen LogP contribution in [0.1, 0.15) is 73.9 Å². The summed E-state index contributed by atoms with van der Waals surface area (Å²) in [5, 5.41) is 10.4. The lowest BCUT2D eigenvalue weighted by Gasteiger charge is -2.19. The molecule has 0 aliphatic heterocycles. The van der Waals surface area contributed by atoms with Crippen molar-refractivity contribution >= 4 is 5.91 Å². The summed E-state index contributed by atoms with van der Waals surface area (Å²) in [4.78, 5) is 11.7. The second-order valence-electron chi connectivity index (χ2n) is 5.10. The van der Waals surface area contributed by atoms with E-state index in [0.717, 1.165) is 24.0 Å². The van der Waals surface area contributed by atoms with Crippen LogP contribution in [0.25, 0.3) is 0 Å². The normalized spacial score (nSPS) is 13.9. The molecule has 0 bridgehead atoms. The molecule has 1 amide bonds. The van der Waals surface area contributed by atoms with Gasteiger partial charge in [-0.15, -0.1) is 0 Å². The van der Waals surface area contributed by atoms with Gasteiger partial charge in [0.15, 0.2) is 0 Å². The quantitative estimate of drug-likeness (QED) is 0.434. The molecule has 0 aliphatic carbocycles. The van der Waals surface area contributed by atoms with Crippen LogP contribution < -0.4 is 11.3 Å². The zero-order valence-corrected chi connectivity index (χ0v) is 12.2. The van der Waals surface area contributed by atoms with Gasteiger partial charge in [0.1, 0.15) is 5.75 Å². The number of rotatable bonds is 5. The van der Waals surface area contributed by atoms with Gasteiger partial charge in [-0.1, -0.05) is 27.7 Å². The van der Waals surface area contributed by atoms with Crippen LogP contribution in [-0.2, 0) is 0 Å². The average molecular weight is 264 g/mol. The number of carbonyl (C=O) groups excluding carboxylic acids is 1. The van der Waals surface area contributed by atoms with Crippen LogP contribution in [0, 0.1) is 0 Å². The van der Waals surface area contributed by atoms with Crippen molar-refractivity contribution in [2.75, 3.05) is 0 Å². The Morgan fingerprint density at radius 2 is 1.63 bits per heavy atom. The topological polar surface area (TPSA) is 75.4 Å². The van der Waals surface area contributed by atoms with Crippen LogP contribution in [0.3, 0.4) is 0 Å². The number of phenols is 1. The Bertz CT molecular complexity index is 426. The first-order valence-corrected chi connectivity index (χ1v) is 6.83.